The van der Waals surface area contributed by atoms with Gasteiger partial charge in [0, 0.05) is 81.6 Å². The summed E-state index contributed by atoms with van der Waals surface area (Å²) in [4.78, 5) is 37.4. The Morgan fingerprint density at radius 3 is 1.07 bits per heavy atom. The van der Waals surface area contributed by atoms with E-state index in [0.717, 1.165) is 144 Å². The number of furan rings is 2. The molecule has 0 N–H and O–H groups in total. The van der Waals surface area contributed by atoms with E-state index >= 15 is 0 Å². The second-order valence-electron chi connectivity index (χ2n) is 32.6. The fourth-order valence-corrected chi connectivity index (χ4v) is 20.2. The van der Waals surface area contributed by atoms with Gasteiger partial charge < -0.3 is 8.83 Å². The van der Waals surface area contributed by atoms with Gasteiger partial charge >= 0.3 is 0 Å². The Morgan fingerprint density at radius 1 is 0.211 bits per heavy atom. The fourth-order valence-electron chi connectivity index (χ4n) is 19.2. The number of nitrogens with zero attached hydrogens (tertiary/aromatic N) is 10. The molecule has 0 spiro atoms. The summed E-state index contributed by atoms with van der Waals surface area (Å²) in [6.45, 7) is 0. The SMILES string of the molecule is c1ccc(-c2ccc(-c3nc4oc5ccccc5c4nc3-n3c4ccccc4c4cc5ccccc5cc43)cc2)nc1.c1ccc(-c2ccc(-c3nc4sc5ccccc5c4nc3-n3c4ccccc4c4cc5ccccc5cc43)cc2)cc1.c1ccc2cc3c(cc2c1)c1ccccc1n3-c1nc2c(nc1-c1ccc3ccc4ccccc4c3c1)oc1ccccc12. The number of hydrogen-bond acceptors (Lipinski definition) is 10. The third-order valence-electron chi connectivity index (χ3n) is 25.2. The highest BCUT2D eigenvalue weighted by atomic mass is 32.1. The van der Waals surface area contributed by atoms with Gasteiger partial charge in [-0.2, -0.15) is 0 Å². The predicted molar refractivity (Wildman–Crippen MR) is 529 cm³/mol. The summed E-state index contributed by atoms with van der Waals surface area (Å²) >= 11 is 1.70. The minimum atomic E-state index is 0.523. The maximum Gasteiger partial charge on any atom is 0.247 e. The first-order chi connectivity index (χ1) is 63.4. The number of pyridine rings is 1. The van der Waals surface area contributed by atoms with Gasteiger partial charge in [0.25, 0.3) is 0 Å². The van der Waals surface area contributed by atoms with E-state index in [9.17, 15) is 0 Å². The third-order valence-corrected chi connectivity index (χ3v) is 26.3. The van der Waals surface area contributed by atoms with Crippen molar-refractivity contribution >= 4 is 195 Å². The average Bonchev–Trinajstić information content (AvgIpc) is 1.56. The molecule has 28 aromatic rings. The Bertz CT molecular complexity index is 9070. The number of aromatic nitrogens is 10. The maximum absolute atomic E-state index is 6.29. The van der Waals surface area contributed by atoms with Crippen LogP contribution in [0.25, 0.3) is 258 Å². The Morgan fingerprint density at radius 2 is 0.570 bits per heavy atom. The molecule has 0 fully saturated rings. The molecule has 0 saturated carbocycles. The lowest BCUT2D eigenvalue weighted by atomic mass is 9.99. The Hall–Kier alpha value is -17.1. The van der Waals surface area contributed by atoms with E-state index in [1.807, 2.05) is 66.9 Å². The van der Waals surface area contributed by atoms with Crippen LogP contribution in [0.1, 0.15) is 0 Å². The summed E-state index contributed by atoms with van der Waals surface area (Å²) in [7, 11) is 0. The van der Waals surface area contributed by atoms with Gasteiger partial charge in [-0.15, -0.1) is 11.3 Å². The molecule has 0 aliphatic rings. The van der Waals surface area contributed by atoms with Crippen LogP contribution in [0.2, 0.25) is 0 Å². The van der Waals surface area contributed by atoms with Crippen LogP contribution in [0.4, 0.5) is 0 Å². The van der Waals surface area contributed by atoms with Gasteiger partial charge in [-0.3, -0.25) is 18.7 Å². The molecule has 12 nitrogen and oxygen atoms in total. The first-order valence-corrected chi connectivity index (χ1v) is 43.7. The normalized spacial score (nSPS) is 11.9. The van der Waals surface area contributed by atoms with E-state index in [4.69, 9.17) is 38.7 Å². The number of fused-ring (bicyclic) bond motifs is 24. The minimum absolute atomic E-state index is 0.523. The van der Waals surface area contributed by atoms with E-state index < -0.39 is 0 Å². The summed E-state index contributed by atoms with van der Waals surface area (Å²) in [6.07, 6.45) is 1.81. The van der Waals surface area contributed by atoms with Crippen LogP contribution in [0.15, 0.2) is 421 Å². The first-order valence-electron chi connectivity index (χ1n) is 42.9. The zero-order chi connectivity index (χ0) is 84.0. The molecule has 0 bridgehead atoms. The largest absolute Gasteiger partial charge is 0.436 e. The van der Waals surface area contributed by atoms with Gasteiger partial charge in [0.05, 0.1) is 38.8 Å². The number of thiophene rings is 1. The van der Waals surface area contributed by atoms with Crippen molar-refractivity contribution in [1.82, 2.24) is 48.6 Å². The van der Waals surface area contributed by atoms with Crippen LogP contribution in [0, 0.1) is 0 Å². The average molecular weight is 1650 g/mol. The molecule has 13 heteroatoms. The molecule has 128 heavy (non-hydrogen) atoms. The van der Waals surface area contributed by atoms with Gasteiger partial charge in [0.1, 0.15) is 49.6 Å². The van der Waals surface area contributed by atoms with Crippen LogP contribution in [-0.4, -0.2) is 48.6 Å². The maximum atomic E-state index is 6.29. The summed E-state index contributed by atoms with van der Waals surface area (Å²) in [5.74, 6) is 2.39. The predicted octanol–water partition coefficient (Wildman–Crippen LogP) is 30.4. The van der Waals surface area contributed by atoms with Crippen molar-refractivity contribution in [2.24, 2.45) is 0 Å². The van der Waals surface area contributed by atoms with Crippen molar-refractivity contribution in [1.29, 1.82) is 0 Å². The summed E-state index contributed by atoms with van der Waals surface area (Å²) < 4.78 is 20.6. The van der Waals surface area contributed by atoms with Crippen molar-refractivity contribution in [2.75, 3.05) is 0 Å². The molecule has 0 atom stereocenters. The Balaban J connectivity index is 0.000000102. The van der Waals surface area contributed by atoms with E-state index in [2.05, 4.69) is 364 Å². The quantitative estimate of drug-likeness (QED) is 0.136. The van der Waals surface area contributed by atoms with Gasteiger partial charge in [0.2, 0.25) is 11.4 Å². The molecule has 0 aliphatic carbocycles. The minimum Gasteiger partial charge on any atom is -0.436 e. The van der Waals surface area contributed by atoms with Gasteiger partial charge in [-0.1, -0.05) is 303 Å². The van der Waals surface area contributed by atoms with E-state index in [1.165, 1.54) is 102 Å². The van der Waals surface area contributed by atoms with E-state index in [0.29, 0.717) is 11.4 Å². The van der Waals surface area contributed by atoms with Crippen molar-refractivity contribution in [3.63, 3.8) is 0 Å². The van der Waals surface area contributed by atoms with Crippen molar-refractivity contribution < 1.29 is 8.83 Å². The van der Waals surface area contributed by atoms with Crippen LogP contribution in [0.3, 0.4) is 0 Å². The molecule has 18 aromatic carbocycles. The summed E-state index contributed by atoms with van der Waals surface area (Å²) in [5.41, 5.74) is 21.4. The van der Waals surface area contributed by atoms with Crippen LogP contribution in [0.5, 0.6) is 0 Å². The number of rotatable bonds is 8. The molecule has 596 valence electrons. The molecule has 0 amide bonds. The topological polar surface area (TPSA) is 131 Å². The lowest BCUT2D eigenvalue weighted by molar-refractivity contribution is 0.652. The first kappa shape index (κ1) is 72.5. The fraction of sp³-hybridized carbons (Fsp3) is 0. The van der Waals surface area contributed by atoms with Crippen LogP contribution < -0.4 is 0 Å². The third kappa shape index (κ3) is 11.9. The number of para-hydroxylation sites is 5. The second kappa shape index (κ2) is 29.3. The Kier molecular flexibility index (Phi) is 16.6. The van der Waals surface area contributed by atoms with E-state index in [1.54, 1.807) is 11.3 Å². The van der Waals surface area contributed by atoms with Gasteiger partial charge in [-0.05, 0) is 168 Å². The molecule has 0 unspecified atom stereocenters. The molecule has 28 rings (SSSR count). The summed E-state index contributed by atoms with van der Waals surface area (Å²) in [5, 5.41) is 22.2. The van der Waals surface area contributed by atoms with Crippen molar-refractivity contribution in [3.8, 4) is 73.6 Å². The number of benzene rings is 18. The highest BCUT2D eigenvalue weighted by molar-refractivity contribution is 7.25. The smallest absolute Gasteiger partial charge is 0.247 e. The molecule has 10 heterocycles. The van der Waals surface area contributed by atoms with Crippen molar-refractivity contribution in [2.45, 2.75) is 0 Å². The summed E-state index contributed by atoms with van der Waals surface area (Å²) in [6, 6.07) is 143. The zero-order valence-corrected chi connectivity index (χ0v) is 69.3. The van der Waals surface area contributed by atoms with Gasteiger partial charge in [0.15, 0.2) is 17.5 Å². The van der Waals surface area contributed by atoms with Crippen LogP contribution in [-0.2, 0) is 0 Å². The highest BCUT2D eigenvalue weighted by Gasteiger charge is 2.28. The molecule has 0 saturated heterocycles. The Labute approximate surface area is 734 Å². The van der Waals surface area contributed by atoms with Crippen LogP contribution >= 0.6 is 11.3 Å². The van der Waals surface area contributed by atoms with Gasteiger partial charge in [-0.25, -0.2) is 29.9 Å². The number of hydrogen-bond donors (Lipinski definition) is 0. The monoisotopic (exact) mass is 1650 g/mol. The molecule has 0 aliphatic heterocycles. The van der Waals surface area contributed by atoms with Crippen molar-refractivity contribution in [3.05, 3.63) is 413 Å². The lowest BCUT2D eigenvalue weighted by Crippen LogP contribution is -2.03. The van der Waals surface area contributed by atoms with E-state index in [-0.39, 0.29) is 0 Å². The molecule has 10 aromatic heterocycles. The molecular formula is C115H68N10O2S. The standard InChI is InChI=1S/C40H23N3O.C38H23N3S.C37H22N4O/c1-2-11-27-23-35-33(21-26(27)10-1)30-13-5-7-15-34(30)43(35)39-37(42-40-38(41-39)31-14-6-8-16-36(31)44-40)28-20-19-25-18-17-24-9-3-4-12-29(24)32(25)22-28;1-2-10-24(11-3-1)25-18-20-26(21-19-25)35-37(39-36-30-15-7-9-17-34(30)42-38(36)40-35)41-32-16-8-6-14-29(32)31-22-27-12-4-5-13-28(27)23-33(31)41;1-2-10-26-22-32-29(21-25(26)9-1)27-11-3-5-14-31(27)41(32)36-34(24-18-16-23(17-19-24)30-13-7-8-20-38-30)40-37-35(39-36)28-12-4-6-15-33(28)42-37/h1-23H;1-23H;1-22H. The molecule has 0 radical (unpaired) electrons. The highest BCUT2D eigenvalue weighted by Crippen LogP contribution is 2.46. The molecular weight excluding hydrogens is 1590 g/mol. The second-order valence-corrected chi connectivity index (χ2v) is 33.6. The zero-order valence-electron chi connectivity index (χ0n) is 68.5. The lowest BCUT2D eigenvalue weighted by Gasteiger charge is -2.13.